The highest BCUT2D eigenvalue weighted by Gasteiger charge is 2.37. The molecule has 3 aromatic rings. The lowest BCUT2D eigenvalue weighted by atomic mass is 9.77. The van der Waals surface area contributed by atoms with Crippen molar-refractivity contribution in [3.05, 3.63) is 54.0 Å². The molecule has 1 N–H and O–H groups in total. The summed E-state index contributed by atoms with van der Waals surface area (Å²) in [5, 5.41) is 9.49. The Bertz CT molecular complexity index is 1590. The molecule has 4 aliphatic rings. The highest BCUT2D eigenvalue weighted by Crippen LogP contribution is 2.41. The number of aromatic nitrogens is 3. The number of carbonyl (C=O) groups excluding carboxylic acids is 1. The molecule has 7 rings (SSSR count). The van der Waals surface area contributed by atoms with Crippen LogP contribution in [0.25, 0.3) is 11.3 Å². The van der Waals surface area contributed by atoms with Crippen molar-refractivity contribution in [1.29, 1.82) is 0 Å². The molecule has 0 radical (unpaired) electrons. The predicted molar refractivity (Wildman–Crippen MR) is 179 cm³/mol. The number of carbonyl (C=O) groups is 2. The maximum atomic E-state index is 14.4. The van der Waals surface area contributed by atoms with Crippen molar-refractivity contribution >= 4 is 17.8 Å². The number of ether oxygens (including phenoxy) is 2. The van der Waals surface area contributed by atoms with Gasteiger partial charge in [0.2, 0.25) is 5.91 Å². The Morgan fingerprint density at radius 1 is 1.00 bits per heavy atom. The fourth-order valence-electron chi connectivity index (χ4n) is 7.96. The van der Waals surface area contributed by atoms with Gasteiger partial charge in [-0.15, -0.1) is 0 Å². The molecule has 3 aliphatic carbocycles. The second-order valence-electron chi connectivity index (χ2n) is 14.2. The van der Waals surface area contributed by atoms with Crippen LogP contribution in [0.1, 0.15) is 93.3 Å². The van der Waals surface area contributed by atoms with Crippen LogP contribution >= 0.6 is 0 Å². The van der Waals surface area contributed by atoms with Crippen LogP contribution < -0.4 is 9.64 Å². The number of hydrogen-bond acceptors (Lipinski definition) is 8. The van der Waals surface area contributed by atoms with E-state index in [4.69, 9.17) is 28.8 Å². The summed E-state index contributed by atoms with van der Waals surface area (Å²) < 4.78 is 17.2. The summed E-state index contributed by atoms with van der Waals surface area (Å²) in [5.41, 5.74) is 3.72. The maximum absolute atomic E-state index is 14.4. The summed E-state index contributed by atoms with van der Waals surface area (Å²) >= 11 is 0. The molecule has 4 fully saturated rings. The van der Waals surface area contributed by atoms with Gasteiger partial charge in [0.15, 0.2) is 5.89 Å². The number of methoxy groups -OCH3 is 1. The Balaban J connectivity index is 1.05. The summed E-state index contributed by atoms with van der Waals surface area (Å²) in [7, 11) is 1.68. The Morgan fingerprint density at radius 3 is 2.48 bits per heavy atom. The smallest absolute Gasteiger partial charge is 0.407 e. The third-order valence-corrected chi connectivity index (χ3v) is 11.0. The molecule has 256 valence electrons. The molecule has 0 spiro atoms. The highest BCUT2D eigenvalue weighted by molar-refractivity contribution is 5.94. The van der Waals surface area contributed by atoms with Crippen molar-refractivity contribution in [3.63, 3.8) is 0 Å². The number of anilines is 1. The minimum atomic E-state index is -0.892. The molecule has 1 aliphatic heterocycles. The van der Waals surface area contributed by atoms with Crippen molar-refractivity contribution in [3.8, 4) is 17.0 Å². The summed E-state index contributed by atoms with van der Waals surface area (Å²) in [6.07, 6.45) is 12.0. The van der Waals surface area contributed by atoms with E-state index in [1.165, 1.54) is 4.90 Å². The number of carboxylic acid groups (broad SMARTS) is 1. The van der Waals surface area contributed by atoms with Crippen LogP contribution in [0.15, 0.2) is 41.1 Å². The van der Waals surface area contributed by atoms with E-state index in [2.05, 4.69) is 6.07 Å². The molecule has 3 aromatic heterocycles. The second kappa shape index (κ2) is 14.2. The first-order valence-corrected chi connectivity index (χ1v) is 17.7. The lowest BCUT2D eigenvalue weighted by Gasteiger charge is -2.39. The first kappa shape index (κ1) is 32.6. The summed E-state index contributed by atoms with van der Waals surface area (Å²) in [6, 6.07) is 8.03. The van der Waals surface area contributed by atoms with Gasteiger partial charge in [0.05, 0.1) is 32.1 Å². The molecule has 0 aromatic carbocycles. The van der Waals surface area contributed by atoms with Crippen LogP contribution in [-0.2, 0) is 9.53 Å². The van der Waals surface area contributed by atoms with Gasteiger partial charge in [0.1, 0.15) is 23.5 Å². The van der Waals surface area contributed by atoms with Gasteiger partial charge >= 0.3 is 6.09 Å². The lowest BCUT2D eigenvalue weighted by Crippen LogP contribution is -2.49. The van der Waals surface area contributed by atoms with Crippen molar-refractivity contribution in [2.24, 2.45) is 17.8 Å². The van der Waals surface area contributed by atoms with E-state index in [9.17, 15) is 14.7 Å². The number of rotatable bonds is 9. The van der Waals surface area contributed by atoms with E-state index >= 15 is 0 Å². The summed E-state index contributed by atoms with van der Waals surface area (Å²) in [6.45, 7) is 3.86. The summed E-state index contributed by atoms with van der Waals surface area (Å²) in [5.74, 6) is 3.73. The van der Waals surface area contributed by atoms with E-state index in [-0.39, 0.29) is 23.8 Å². The number of oxazole rings is 1. The van der Waals surface area contributed by atoms with E-state index in [1.807, 2.05) is 30.0 Å². The number of pyridine rings is 2. The van der Waals surface area contributed by atoms with E-state index in [1.54, 1.807) is 19.6 Å². The van der Waals surface area contributed by atoms with E-state index in [0.717, 1.165) is 98.5 Å². The molecule has 1 saturated heterocycles. The first-order chi connectivity index (χ1) is 23.4. The zero-order valence-electron chi connectivity index (χ0n) is 28.1. The van der Waals surface area contributed by atoms with Crippen LogP contribution in [-0.4, -0.2) is 76.4 Å². The van der Waals surface area contributed by atoms with E-state index in [0.29, 0.717) is 49.8 Å². The molecule has 1 unspecified atom stereocenters. The average Bonchev–Trinajstić information content (AvgIpc) is 3.86. The van der Waals surface area contributed by atoms with Gasteiger partial charge < -0.3 is 23.9 Å². The van der Waals surface area contributed by atoms with Gasteiger partial charge in [-0.05, 0) is 107 Å². The number of hydrogen-bond donors (Lipinski definition) is 1. The molecule has 2 amide bonds. The zero-order chi connectivity index (χ0) is 33.2. The average molecular weight is 658 g/mol. The first-order valence-electron chi connectivity index (χ1n) is 17.7. The molecular weight excluding hydrogens is 610 g/mol. The highest BCUT2D eigenvalue weighted by atomic mass is 16.5. The SMILES string of the molecule is COc1ccc([C@H]2CC[C@H](CN(c3cc(-c4coc(C5CC5)n4)ccn3)C(=O)[C@H]3CC[C@H](C4CN(C(=O)O)CCO4)CC3)CC2)nc1C. The van der Waals surface area contributed by atoms with Crippen LogP contribution in [0.5, 0.6) is 5.75 Å². The quantitative estimate of drug-likeness (QED) is 0.263. The van der Waals surface area contributed by atoms with Crippen molar-refractivity contribution in [2.45, 2.75) is 89.1 Å². The van der Waals surface area contributed by atoms with Gasteiger partial charge in [-0.2, -0.15) is 0 Å². The lowest BCUT2D eigenvalue weighted by molar-refractivity contribution is -0.124. The molecule has 11 nitrogen and oxygen atoms in total. The maximum Gasteiger partial charge on any atom is 0.407 e. The minimum Gasteiger partial charge on any atom is -0.495 e. The number of nitrogens with zero attached hydrogens (tertiary/aromatic N) is 5. The van der Waals surface area contributed by atoms with Crippen molar-refractivity contribution in [2.75, 3.05) is 38.3 Å². The number of aryl methyl sites for hydroxylation is 1. The second-order valence-corrected chi connectivity index (χ2v) is 14.2. The van der Waals surface area contributed by atoms with Gasteiger partial charge in [-0.3, -0.25) is 14.7 Å². The van der Waals surface area contributed by atoms with Crippen LogP contribution in [0.4, 0.5) is 10.6 Å². The van der Waals surface area contributed by atoms with Crippen LogP contribution in [0.3, 0.4) is 0 Å². The fraction of sp³-hybridized carbons (Fsp3) is 0.595. The molecule has 0 bridgehead atoms. The third kappa shape index (κ3) is 7.21. The Morgan fingerprint density at radius 2 is 1.77 bits per heavy atom. The van der Waals surface area contributed by atoms with Crippen LogP contribution in [0.2, 0.25) is 0 Å². The minimum absolute atomic E-state index is 0.109. The number of amides is 2. The molecule has 48 heavy (non-hydrogen) atoms. The standard InChI is InChI=1S/C37H47N5O6/c1-23-32(46-2)14-13-30(39-23)25-5-3-24(4-6-25)20-42(34-19-29(15-16-38-34)31-22-48-35(40-31)27-9-10-27)36(43)28-11-7-26(8-12-28)33-21-41(37(44)45)17-18-47-33/h13-16,19,22,24-28,33H,3-12,17-18,20-21H2,1-2H3,(H,44,45)/t24-,25-,26-,28-,33?. The molecule has 3 saturated carbocycles. The normalized spacial score (nSPS) is 26.2. The van der Waals surface area contributed by atoms with Gasteiger partial charge in [-0.25, -0.2) is 14.8 Å². The Kier molecular flexibility index (Phi) is 9.66. The zero-order valence-corrected chi connectivity index (χ0v) is 28.1. The molecular formula is C37H47N5O6. The summed E-state index contributed by atoms with van der Waals surface area (Å²) in [4.78, 5) is 43.8. The van der Waals surface area contributed by atoms with Gasteiger partial charge in [0.25, 0.3) is 0 Å². The molecule has 11 heteroatoms. The number of morpholine rings is 1. The van der Waals surface area contributed by atoms with E-state index < -0.39 is 6.09 Å². The predicted octanol–water partition coefficient (Wildman–Crippen LogP) is 6.82. The van der Waals surface area contributed by atoms with Gasteiger partial charge in [0, 0.05) is 48.3 Å². The van der Waals surface area contributed by atoms with Crippen molar-refractivity contribution in [1.82, 2.24) is 19.9 Å². The third-order valence-electron chi connectivity index (χ3n) is 11.0. The van der Waals surface area contributed by atoms with Gasteiger partial charge in [-0.1, -0.05) is 0 Å². The van der Waals surface area contributed by atoms with Crippen LogP contribution in [0, 0.1) is 24.7 Å². The monoisotopic (exact) mass is 657 g/mol. The van der Waals surface area contributed by atoms with Crippen molar-refractivity contribution < 1.29 is 28.6 Å². The Labute approximate surface area is 282 Å². The molecule has 1 atom stereocenters. The fourth-order valence-corrected chi connectivity index (χ4v) is 7.96. The largest absolute Gasteiger partial charge is 0.495 e. The Hall–Kier alpha value is -3.99. The topological polar surface area (TPSA) is 131 Å². The molecule has 4 heterocycles.